The van der Waals surface area contributed by atoms with Gasteiger partial charge in [0, 0.05) is 19.0 Å². The lowest BCUT2D eigenvalue weighted by atomic mass is 9.94. The summed E-state index contributed by atoms with van der Waals surface area (Å²) in [7, 11) is 3.24. The van der Waals surface area contributed by atoms with Gasteiger partial charge in [0.25, 0.3) is 6.01 Å². The second-order valence-corrected chi connectivity index (χ2v) is 8.02. The standard InChI is InChI=1S/C24H29N3O4/c1-15-13-21(29-3)22(30-4)14-18(15)16(2)25-23(28)17-9-11-27(12-10-17)24-26-19-7-5-6-8-20(19)31-24/h5-8,13-14,16-17H,9-12H2,1-4H3,(H,25,28). The van der Waals surface area contributed by atoms with Crippen LogP contribution in [0.4, 0.5) is 6.01 Å². The molecule has 1 saturated heterocycles. The number of aromatic nitrogens is 1. The predicted octanol–water partition coefficient (Wildman–Crippen LogP) is 4.25. The van der Waals surface area contributed by atoms with Crippen LogP contribution in [0.2, 0.25) is 0 Å². The third-order valence-corrected chi connectivity index (χ3v) is 6.02. The summed E-state index contributed by atoms with van der Waals surface area (Å²) in [4.78, 5) is 19.6. The molecule has 1 fully saturated rings. The Labute approximate surface area is 182 Å². The van der Waals surface area contributed by atoms with E-state index in [1.807, 2.05) is 50.2 Å². The van der Waals surface area contributed by atoms with Gasteiger partial charge in [-0.1, -0.05) is 12.1 Å². The zero-order valence-electron chi connectivity index (χ0n) is 18.5. The number of anilines is 1. The first-order chi connectivity index (χ1) is 15.0. The van der Waals surface area contributed by atoms with Crippen molar-refractivity contribution in [3.8, 4) is 11.5 Å². The lowest BCUT2D eigenvalue weighted by Gasteiger charge is -2.31. The molecule has 31 heavy (non-hydrogen) atoms. The summed E-state index contributed by atoms with van der Waals surface area (Å²) in [6, 6.07) is 12.1. The molecular formula is C24H29N3O4. The number of carbonyl (C=O) groups excluding carboxylic acids is 1. The normalized spacial score (nSPS) is 15.7. The summed E-state index contributed by atoms with van der Waals surface area (Å²) in [5.41, 5.74) is 3.72. The average Bonchev–Trinajstić information content (AvgIpc) is 3.23. The average molecular weight is 424 g/mol. The highest BCUT2D eigenvalue weighted by atomic mass is 16.5. The molecule has 1 aliphatic heterocycles. The number of hydrogen-bond acceptors (Lipinski definition) is 6. The molecule has 1 N–H and O–H groups in total. The maximum Gasteiger partial charge on any atom is 0.298 e. The molecule has 1 aliphatic rings. The fourth-order valence-corrected chi connectivity index (χ4v) is 4.20. The molecule has 1 amide bonds. The number of rotatable bonds is 6. The van der Waals surface area contributed by atoms with E-state index in [-0.39, 0.29) is 17.9 Å². The number of oxazole rings is 1. The molecule has 2 aromatic carbocycles. The Kier molecular flexibility index (Phi) is 6.02. The number of piperidine rings is 1. The lowest BCUT2D eigenvalue weighted by molar-refractivity contribution is -0.126. The summed E-state index contributed by atoms with van der Waals surface area (Å²) in [5, 5.41) is 3.18. The van der Waals surface area contributed by atoms with Gasteiger partial charge in [-0.15, -0.1) is 0 Å². The summed E-state index contributed by atoms with van der Waals surface area (Å²) >= 11 is 0. The smallest absolute Gasteiger partial charge is 0.298 e. The molecule has 0 saturated carbocycles. The van der Waals surface area contributed by atoms with E-state index in [4.69, 9.17) is 13.9 Å². The molecule has 0 radical (unpaired) electrons. The monoisotopic (exact) mass is 423 g/mol. The van der Waals surface area contributed by atoms with Crippen molar-refractivity contribution in [1.29, 1.82) is 0 Å². The second kappa shape index (κ2) is 8.88. The van der Waals surface area contributed by atoms with Gasteiger partial charge in [-0.05, 0) is 62.1 Å². The van der Waals surface area contributed by atoms with E-state index < -0.39 is 0 Å². The van der Waals surface area contributed by atoms with E-state index in [1.165, 1.54) is 0 Å². The largest absolute Gasteiger partial charge is 0.493 e. The van der Waals surface area contributed by atoms with Crippen molar-refractivity contribution in [1.82, 2.24) is 10.3 Å². The first kappa shape index (κ1) is 21.0. The number of benzene rings is 2. The molecular weight excluding hydrogens is 394 g/mol. The van der Waals surface area contributed by atoms with Gasteiger partial charge in [0.05, 0.1) is 20.3 Å². The van der Waals surface area contributed by atoms with Crippen LogP contribution < -0.4 is 19.7 Å². The summed E-state index contributed by atoms with van der Waals surface area (Å²) in [6.45, 7) is 5.50. The third kappa shape index (κ3) is 4.31. The van der Waals surface area contributed by atoms with E-state index in [1.54, 1.807) is 14.2 Å². The number of nitrogens with one attached hydrogen (secondary N) is 1. The maximum absolute atomic E-state index is 12.9. The fourth-order valence-electron chi connectivity index (χ4n) is 4.20. The van der Waals surface area contributed by atoms with E-state index in [2.05, 4.69) is 15.2 Å². The molecule has 0 aliphatic carbocycles. The predicted molar refractivity (Wildman–Crippen MR) is 120 cm³/mol. The quantitative estimate of drug-likeness (QED) is 0.639. The number of nitrogens with zero attached hydrogens (tertiary/aromatic N) is 2. The number of hydrogen-bond donors (Lipinski definition) is 1. The maximum atomic E-state index is 12.9. The molecule has 2 heterocycles. The van der Waals surface area contributed by atoms with Crippen molar-refractivity contribution >= 4 is 23.0 Å². The van der Waals surface area contributed by atoms with Crippen molar-refractivity contribution in [2.45, 2.75) is 32.7 Å². The Balaban J connectivity index is 1.37. The highest BCUT2D eigenvalue weighted by Gasteiger charge is 2.28. The zero-order valence-corrected chi connectivity index (χ0v) is 18.5. The Hall–Kier alpha value is -3.22. The van der Waals surface area contributed by atoms with Gasteiger partial charge in [0.2, 0.25) is 5.91 Å². The van der Waals surface area contributed by atoms with E-state index in [0.29, 0.717) is 17.5 Å². The Morgan fingerprint density at radius 3 is 2.52 bits per heavy atom. The van der Waals surface area contributed by atoms with E-state index in [0.717, 1.165) is 48.2 Å². The van der Waals surface area contributed by atoms with Crippen molar-refractivity contribution < 1.29 is 18.7 Å². The molecule has 0 spiro atoms. The summed E-state index contributed by atoms with van der Waals surface area (Å²) in [6.07, 6.45) is 1.53. The van der Waals surface area contributed by atoms with Crippen LogP contribution in [0.1, 0.15) is 36.9 Å². The van der Waals surface area contributed by atoms with Gasteiger partial charge in [-0.25, -0.2) is 0 Å². The van der Waals surface area contributed by atoms with Crippen LogP contribution in [-0.2, 0) is 4.79 Å². The van der Waals surface area contributed by atoms with Crippen LogP contribution in [0, 0.1) is 12.8 Å². The van der Waals surface area contributed by atoms with Gasteiger partial charge in [-0.2, -0.15) is 4.98 Å². The number of ether oxygens (including phenoxy) is 2. The van der Waals surface area contributed by atoms with Crippen LogP contribution >= 0.6 is 0 Å². The number of fused-ring (bicyclic) bond motifs is 1. The van der Waals surface area contributed by atoms with Crippen LogP contribution in [0.25, 0.3) is 11.1 Å². The van der Waals surface area contributed by atoms with E-state index >= 15 is 0 Å². The zero-order chi connectivity index (χ0) is 22.0. The number of amides is 1. The first-order valence-electron chi connectivity index (χ1n) is 10.6. The molecule has 1 atom stereocenters. The third-order valence-electron chi connectivity index (χ3n) is 6.02. The fraction of sp³-hybridized carbons (Fsp3) is 0.417. The second-order valence-electron chi connectivity index (χ2n) is 8.02. The first-order valence-corrected chi connectivity index (χ1v) is 10.6. The SMILES string of the molecule is COc1cc(C)c(C(C)NC(=O)C2CCN(c3nc4ccccc4o3)CC2)cc1OC. The minimum atomic E-state index is -0.123. The number of para-hydroxylation sites is 2. The molecule has 7 heteroatoms. The number of carbonyl (C=O) groups is 1. The lowest BCUT2D eigenvalue weighted by Crippen LogP contribution is -2.41. The molecule has 3 aromatic rings. The molecule has 1 aromatic heterocycles. The van der Waals surface area contributed by atoms with Gasteiger partial charge >= 0.3 is 0 Å². The minimum Gasteiger partial charge on any atom is -0.493 e. The van der Waals surface area contributed by atoms with Crippen LogP contribution in [0.3, 0.4) is 0 Å². The van der Waals surface area contributed by atoms with Crippen molar-refractivity contribution in [2.24, 2.45) is 5.92 Å². The Morgan fingerprint density at radius 2 is 1.84 bits per heavy atom. The molecule has 164 valence electrons. The highest BCUT2D eigenvalue weighted by molar-refractivity contribution is 5.79. The van der Waals surface area contributed by atoms with Crippen molar-refractivity contribution in [3.05, 3.63) is 47.5 Å². The van der Waals surface area contributed by atoms with Crippen LogP contribution in [-0.4, -0.2) is 38.2 Å². The van der Waals surface area contributed by atoms with Gasteiger partial charge in [-0.3, -0.25) is 4.79 Å². The molecule has 0 bridgehead atoms. The molecule has 7 nitrogen and oxygen atoms in total. The molecule has 1 unspecified atom stereocenters. The minimum absolute atomic E-state index is 0.0245. The van der Waals surface area contributed by atoms with Crippen molar-refractivity contribution in [3.63, 3.8) is 0 Å². The van der Waals surface area contributed by atoms with E-state index in [9.17, 15) is 4.79 Å². The van der Waals surface area contributed by atoms with Crippen LogP contribution in [0.5, 0.6) is 11.5 Å². The van der Waals surface area contributed by atoms with Gasteiger partial charge < -0.3 is 24.1 Å². The van der Waals surface area contributed by atoms with Crippen LogP contribution in [0.15, 0.2) is 40.8 Å². The molecule has 4 rings (SSSR count). The number of methoxy groups -OCH3 is 2. The van der Waals surface area contributed by atoms with Crippen molar-refractivity contribution in [2.75, 3.05) is 32.2 Å². The van der Waals surface area contributed by atoms with Gasteiger partial charge in [0.1, 0.15) is 5.52 Å². The highest BCUT2D eigenvalue weighted by Crippen LogP contribution is 2.33. The Bertz CT molecular complexity index is 1040. The summed E-state index contributed by atoms with van der Waals surface area (Å²) in [5.74, 6) is 1.41. The summed E-state index contributed by atoms with van der Waals surface area (Å²) < 4.78 is 16.7. The number of aryl methyl sites for hydroxylation is 1. The van der Waals surface area contributed by atoms with Gasteiger partial charge in [0.15, 0.2) is 17.1 Å². The Morgan fingerprint density at radius 1 is 1.16 bits per heavy atom. The topological polar surface area (TPSA) is 76.8 Å².